The Hall–Kier alpha value is -0.470. The van der Waals surface area contributed by atoms with Crippen LogP contribution in [0.15, 0.2) is 6.20 Å². The highest BCUT2D eigenvalue weighted by Gasteiger charge is 2.17. The quantitative estimate of drug-likeness (QED) is 0.703. The topological polar surface area (TPSA) is 50.7 Å². The zero-order chi connectivity index (χ0) is 14.7. The zero-order valence-corrected chi connectivity index (χ0v) is 15.3. The van der Waals surface area contributed by atoms with Gasteiger partial charge in [-0.25, -0.2) is 15.0 Å². The molecule has 0 aliphatic heterocycles. The van der Waals surface area contributed by atoms with Gasteiger partial charge in [0.2, 0.25) is 0 Å². The highest BCUT2D eigenvalue weighted by Crippen LogP contribution is 2.31. The molecular formula is C13H16ClIN4S. The molecule has 0 spiro atoms. The molecule has 7 heteroatoms. The van der Waals surface area contributed by atoms with E-state index in [2.05, 4.69) is 63.6 Å². The van der Waals surface area contributed by atoms with Crippen LogP contribution in [0.3, 0.4) is 0 Å². The molecular weight excluding hydrogens is 407 g/mol. The van der Waals surface area contributed by atoms with Crippen LogP contribution in [-0.2, 0) is 0 Å². The number of hydrogen-bond acceptors (Lipinski definition) is 5. The maximum absolute atomic E-state index is 5.95. The minimum atomic E-state index is 0.335. The van der Waals surface area contributed by atoms with Crippen molar-refractivity contribution in [3.63, 3.8) is 0 Å². The lowest BCUT2D eigenvalue weighted by molar-refractivity contribution is 0.807. The summed E-state index contributed by atoms with van der Waals surface area (Å²) in [5, 5.41) is 4.12. The molecule has 0 amide bonds. The van der Waals surface area contributed by atoms with E-state index in [0.29, 0.717) is 16.1 Å². The Morgan fingerprint density at radius 1 is 1.40 bits per heavy atom. The van der Waals surface area contributed by atoms with E-state index in [1.54, 1.807) is 6.20 Å². The minimum Gasteiger partial charge on any atom is -0.369 e. The van der Waals surface area contributed by atoms with Gasteiger partial charge in [0, 0.05) is 6.54 Å². The molecule has 0 radical (unpaired) electrons. The first-order valence-corrected chi connectivity index (χ1v) is 8.73. The van der Waals surface area contributed by atoms with Crippen molar-refractivity contribution in [2.75, 3.05) is 11.9 Å². The molecule has 0 saturated heterocycles. The number of halogens is 2. The van der Waals surface area contributed by atoms with E-state index in [1.165, 1.54) is 11.3 Å². The number of hydrogen-bond donors (Lipinski definition) is 1. The SMILES string of the molecule is CCCNc1nc(-c2ncc(Cl)s2)nc(C(C)C)c1I. The molecule has 20 heavy (non-hydrogen) atoms. The van der Waals surface area contributed by atoms with Crippen molar-refractivity contribution >= 4 is 51.3 Å². The third-order valence-corrected chi connectivity index (χ3v) is 4.81. The average molecular weight is 423 g/mol. The van der Waals surface area contributed by atoms with Gasteiger partial charge in [0.25, 0.3) is 0 Å². The second-order valence-corrected chi connectivity index (χ2v) is 7.39. The highest BCUT2D eigenvalue weighted by molar-refractivity contribution is 14.1. The van der Waals surface area contributed by atoms with Crippen molar-refractivity contribution in [3.05, 3.63) is 19.8 Å². The van der Waals surface area contributed by atoms with Crippen LogP contribution in [0.5, 0.6) is 0 Å². The molecule has 1 N–H and O–H groups in total. The third-order valence-electron chi connectivity index (χ3n) is 2.63. The fourth-order valence-electron chi connectivity index (χ4n) is 1.66. The van der Waals surface area contributed by atoms with E-state index in [4.69, 9.17) is 11.6 Å². The molecule has 0 unspecified atom stereocenters. The van der Waals surface area contributed by atoms with Gasteiger partial charge in [-0.2, -0.15) is 0 Å². The van der Waals surface area contributed by atoms with Crippen LogP contribution in [0.4, 0.5) is 5.82 Å². The van der Waals surface area contributed by atoms with Gasteiger partial charge in [-0.15, -0.1) is 0 Å². The maximum Gasteiger partial charge on any atom is 0.191 e. The van der Waals surface area contributed by atoms with Gasteiger partial charge >= 0.3 is 0 Å². The Bertz CT molecular complexity index is 600. The summed E-state index contributed by atoms with van der Waals surface area (Å²) in [5.41, 5.74) is 1.04. The lowest BCUT2D eigenvalue weighted by atomic mass is 10.1. The van der Waals surface area contributed by atoms with Gasteiger partial charge in [-0.3, -0.25) is 0 Å². The number of nitrogens with zero attached hydrogens (tertiary/aromatic N) is 3. The summed E-state index contributed by atoms with van der Waals surface area (Å²) in [6.45, 7) is 7.29. The minimum absolute atomic E-state index is 0.335. The van der Waals surface area contributed by atoms with Crippen LogP contribution in [-0.4, -0.2) is 21.5 Å². The van der Waals surface area contributed by atoms with Gasteiger partial charge in [-0.05, 0) is 34.9 Å². The third kappa shape index (κ3) is 3.59. The Morgan fingerprint density at radius 2 is 2.15 bits per heavy atom. The molecule has 0 aliphatic carbocycles. The molecule has 2 aromatic rings. The average Bonchev–Trinajstić information content (AvgIpc) is 2.84. The Kier molecular flexibility index (Phi) is 5.57. The van der Waals surface area contributed by atoms with Crippen molar-refractivity contribution in [3.8, 4) is 10.8 Å². The smallest absolute Gasteiger partial charge is 0.191 e. The number of nitrogens with one attached hydrogen (secondary N) is 1. The van der Waals surface area contributed by atoms with Crippen LogP contribution in [0.2, 0.25) is 4.34 Å². The molecule has 0 fully saturated rings. The van der Waals surface area contributed by atoms with Crippen molar-refractivity contribution in [2.24, 2.45) is 0 Å². The van der Waals surface area contributed by atoms with Crippen LogP contribution >= 0.6 is 45.5 Å². The van der Waals surface area contributed by atoms with Crippen molar-refractivity contribution in [1.82, 2.24) is 15.0 Å². The fraction of sp³-hybridized carbons (Fsp3) is 0.462. The number of aromatic nitrogens is 3. The lowest BCUT2D eigenvalue weighted by Crippen LogP contribution is -2.10. The van der Waals surface area contributed by atoms with Gasteiger partial charge in [0.15, 0.2) is 10.8 Å². The van der Waals surface area contributed by atoms with E-state index < -0.39 is 0 Å². The van der Waals surface area contributed by atoms with Crippen molar-refractivity contribution in [1.29, 1.82) is 0 Å². The van der Waals surface area contributed by atoms with Gasteiger partial charge in [-0.1, -0.05) is 43.7 Å². The summed E-state index contributed by atoms with van der Waals surface area (Å²) in [6.07, 6.45) is 2.69. The highest BCUT2D eigenvalue weighted by atomic mass is 127. The molecule has 4 nitrogen and oxygen atoms in total. The van der Waals surface area contributed by atoms with Crippen LogP contribution in [0, 0.1) is 3.57 Å². The fourth-order valence-corrected chi connectivity index (χ4v) is 3.56. The normalized spacial score (nSPS) is 11.1. The standard InChI is InChI=1S/C13H16ClIN4S/c1-4-5-16-11-9(15)10(7(2)3)18-12(19-11)13-17-6-8(14)20-13/h6-7H,4-5H2,1-3H3,(H,16,18,19). The van der Waals surface area contributed by atoms with Crippen LogP contribution in [0.25, 0.3) is 10.8 Å². The summed E-state index contributed by atoms with van der Waals surface area (Å²) in [6, 6.07) is 0. The predicted molar refractivity (Wildman–Crippen MR) is 93.7 cm³/mol. The number of rotatable bonds is 5. The molecule has 2 aromatic heterocycles. The van der Waals surface area contributed by atoms with Crippen LogP contribution < -0.4 is 5.32 Å². The molecule has 2 heterocycles. The van der Waals surface area contributed by atoms with Crippen LogP contribution in [0.1, 0.15) is 38.8 Å². The van der Waals surface area contributed by atoms with E-state index in [-0.39, 0.29) is 0 Å². The Labute approximate surface area is 141 Å². The second kappa shape index (κ2) is 7.00. The largest absolute Gasteiger partial charge is 0.369 e. The van der Waals surface area contributed by atoms with Gasteiger partial charge in [0.05, 0.1) is 15.5 Å². The maximum atomic E-state index is 5.95. The summed E-state index contributed by atoms with van der Waals surface area (Å²) < 4.78 is 1.73. The monoisotopic (exact) mass is 422 g/mol. The van der Waals surface area contributed by atoms with E-state index in [9.17, 15) is 0 Å². The molecule has 2 rings (SSSR count). The van der Waals surface area contributed by atoms with Gasteiger partial charge in [0.1, 0.15) is 10.2 Å². The van der Waals surface area contributed by atoms with E-state index in [0.717, 1.165) is 33.1 Å². The van der Waals surface area contributed by atoms with E-state index in [1.807, 2.05) is 0 Å². The number of thiazole rings is 1. The molecule has 0 aliphatic rings. The van der Waals surface area contributed by atoms with E-state index >= 15 is 0 Å². The van der Waals surface area contributed by atoms with Gasteiger partial charge < -0.3 is 5.32 Å². The first-order valence-electron chi connectivity index (χ1n) is 6.46. The molecule has 108 valence electrons. The summed E-state index contributed by atoms with van der Waals surface area (Å²) in [4.78, 5) is 13.5. The Balaban J connectivity index is 2.49. The zero-order valence-electron chi connectivity index (χ0n) is 11.6. The number of anilines is 1. The first kappa shape index (κ1) is 15.9. The first-order chi connectivity index (χ1) is 9.52. The molecule has 0 saturated carbocycles. The van der Waals surface area contributed by atoms with Crippen molar-refractivity contribution < 1.29 is 0 Å². The summed E-state index contributed by atoms with van der Waals surface area (Å²) >= 11 is 9.66. The lowest BCUT2D eigenvalue weighted by Gasteiger charge is -2.13. The summed E-state index contributed by atoms with van der Waals surface area (Å²) in [5.74, 6) is 1.86. The molecule has 0 atom stereocenters. The Morgan fingerprint density at radius 3 is 2.70 bits per heavy atom. The second-order valence-electron chi connectivity index (χ2n) is 4.65. The molecule has 0 bridgehead atoms. The summed E-state index contributed by atoms with van der Waals surface area (Å²) in [7, 11) is 0. The predicted octanol–water partition coefficient (Wildman–Crippen LogP) is 4.80. The van der Waals surface area contributed by atoms with Crippen molar-refractivity contribution in [2.45, 2.75) is 33.1 Å². The molecule has 0 aromatic carbocycles.